The van der Waals surface area contributed by atoms with E-state index in [9.17, 15) is 51.1 Å². The topological polar surface area (TPSA) is 258 Å². The Balaban J connectivity index is 1.69. The van der Waals surface area contributed by atoms with Crippen molar-refractivity contribution in [1.82, 2.24) is 0 Å². The Bertz CT molecular complexity index is 781. The molecule has 3 fully saturated rings. The molecular formula is C26H48O16S. The van der Waals surface area contributed by atoms with Crippen molar-refractivity contribution in [1.29, 1.82) is 0 Å². The third-order valence-corrected chi connectivity index (χ3v) is 8.20. The van der Waals surface area contributed by atoms with Gasteiger partial charge in [-0.25, -0.2) is 0 Å². The van der Waals surface area contributed by atoms with Crippen molar-refractivity contribution in [2.45, 2.75) is 131 Å². The third-order valence-electron chi connectivity index (χ3n) is 7.89. The largest absolute Gasteiger partial charge is 0.394 e. The molecule has 3 aliphatic rings. The lowest BCUT2D eigenvalue weighted by Crippen LogP contribution is -2.65. The summed E-state index contributed by atoms with van der Waals surface area (Å²) in [5, 5.41) is 102. The maximum atomic E-state index is 11.0. The molecule has 0 unspecified atom stereocenters. The summed E-state index contributed by atoms with van der Waals surface area (Å²) in [6.07, 6.45) is -18.0. The van der Waals surface area contributed by atoms with Gasteiger partial charge in [-0.1, -0.05) is 25.7 Å². The van der Waals surface area contributed by atoms with E-state index in [1.165, 1.54) is 0 Å². The second-order valence-electron chi connectivity index (χ2n) is 11.1. The first kappa shape index (κ1) is 37.2. The average molecular weight is 649 g/mol. The molecular weight excluding hydrogens is 600 g/mol. The lowest BCUT2D eigenvalue weighted by molar-refractivity contribution is -0.367. The Morgan fingerprint density at radius 1 is 0.488 bits per heavy atom. The van der Waals surface area contributed by atoms with Crippen molar-refractivity contribution >= 4 is 12.6 Å². The summed E-state index contributed by atoms with van der Waals surface area (Å²) < 4.78 is 33.6. The zero-order valence-electron chi connectivity index (χ0n) is 23.8. The highest BCUT2D eigenvalue weighted by Gasteiger charge is 2.52. The molecule has 0 radical (unpaired) electrons. The van der Waals surface area contributed by atoms with E-state index in [0.29, 0.717) is 6.42 Å². The first-order valence-electron chi connectivity index (χ1n) is 14.7. The highest BCUT2D eigenvalue weighted by atomic mass is 32.1. The van der Waals surface area contributed by atoms with Crippen molar-refractivity contribution in [3.05, 3.63) is 0 Å². The predicted octanol–water partition coefficient (Wildman–Crippen LogP) is -4.28. The number of unbranched alkanes of at least 4 members (excludes halogenated alkanes) is 5. The monoisotopic (exact) mass is 648 g/mol. The molecule has 43 heavy (non-hydrogen) atoms. The fourth-order valence-electron chi connectivity index (χ4n) is 5.20. The Morgan fingerprint density at radius 2 is 0.953 bits per heavy atom. The van der Waals surface area contributed by atoms with E-state index in [1.54, 1.807) is 0 Å². The maximum absolute atomic E-state index is 11.0. The molecule has 10 N–H and O–H groups in total. The minimum absolute atomic E-state index is 0.194. The highest BCUT2D eigenvalue weighted by Crippen LogP contribution is 2.31. The molecule has 0 amide bonds. The summed E-state index contributed by atoms with van der Waals surface area (Å²) >= 11 is 4.19. The van der Waals surface area contributed by atoms with Crippen LogP contribution in [0.4, 0.5) is 0 Å². The number of ether oxygens (including phenoxy) is 6. The zero-order valence-corrected chi connectivity index (χ0v) is 24.7. The van der Waals surface area contributed by atoms with E-state index in [4.69, 9.17) is 28.4 Å². The second-order valence-corrected chi connectivity index (χ2v) is 11.5. The fourth-order valence-corrected chi connectivity index (χ4v) is 5.42. The van der Waals surface area contributed by atoms with Gasteiger partial charge in [0.2, 0.25) is 0 Å². The highest BCUT2D eigenvalue weighted by molar-refractivity contribution is 7.80. The van der Waals surface area contributed by atoms with Gasteiger partial charge in [-0.2, -0.15) is 12.6 Å². The van der Waals surface area contributed by atoms with Crippen LogP contribution in [0.1, 0.15) is 38.5 Å². The maximum Gasteiger partial charge on any atom is 0.187 e. The summed E-state index contributed by atoms with van der Waals surface area (Å²) in [5.41, 5.74) is 0. The summed E-state index contributed by atoms with van der Waals surface area (Å²) in [6, 6.07) is 0. The van der Waals surface area contributed by atoms with Crippen molar-refractivity contribution in [2.24, 2.45) is 0 Å². The lowest BCUT2D eigenvalue weighted by Gasteiger charge is -2.46. The molecule has 0 aromatic heterocycles. The van der Waals surface area contributed by atoms with E-state index in [2.05, 4.69) is 12.6 Å². The van der Waals surface area contributed by atoms with Crippen LogP contribution in [0.25, 0.3) is 0 Å². The molecule has 0 bridgehead atoms. The number of hydrogen-bond donors (Lipinski definition) is 11. The van der Waals surface area contributed by atoms with Crippen LogP contribution in [0.5, 0.6) is 0 Å². The smallest absolute Gasteiger partial charge is 0.187 e. The van der Waals surface area contributed by atoms with E-state index in [1.807, 2.05) is 0 Å². The van der Waals surface area contributed by atoms with Crippen LogP contribution in [-0.4, -0.2) is 175 Å². The number of hydrogen-bond acceptors (Lipinski definition) is 17. The molecule has 3 heterocycles. The molecule has 3 saturated heterocycles. The molecule has 254 valence electrons. The number of rotatable bonds is 16. The molecule has 16 nitrogen and oxygen atoms in total. The summed E-state index contributed by atoms with van der Waals surface area (Å²) in [4.78, 5) is 0. The van der Waals surface area contributed by atoms with Gasteiger partial charge in [0.05, 0.1) is 19.8 Å². The number of thiol groups is 1. The summed E-state index contributed by atoms with van der Waals surface area (Å²) in [6.45, 7) is -1.76. The summed E-state index contributed by atoms with van der Waals surface area (Å²) in [7, 11) is 0. The van der Waals surface area contributed by atoms with Gasteiger partial charge in [-0.05, 0) is 18.6 Å². The minimum atomic E-state index is -1.82. The van der Waals surface area contributed by atoms with Gasteiger partial charge in [0.15, 0.2) is 18.9 Å². The molecule has 0 saturated carbocycles. The van der Waals surface area contributed by atoms with Crippen molar-refractivity contribution in [3.63, 3.8) is 0 Å². The fraction of sp³-hybridized carbons (Fsp3) is 1.00. The van der Waals surface area contributed by atoms with Crippen LogP contribution in [0, 0.1) is 0 Å². The van der Waals surface area contributed by atoms with Crippen LogP contribution in [0.2, 0.25) is 0 Å². The molecule has 0 aromatic carbocycles. The molecule has 3 rings (SSSR count). The normalized spacial score (nSPS) is 44.0. The van der Waals surface area contributed by atoms with Gasteiger partial charge in [0.25, 0.3) is 0 Å². The molecule has 0 aliphatic carbocycles. The Morgan fingerprint density at radius 3 is 1.53 bits per heavy atom. The lowest BCUT2D eigenvalue weighted by atomic mass is 9.96. The van der Waals surface area contributed by atoms with Crippen molar-refractivity contribution < 1.29 is 79.5 Å². The van der Waals surface area contributed by atoms with Gasteiger partial charge in [-0.3, -0.25) is 0 Å². The van der Waals surface area contributed by atoms with E-state index < -0.39 is 112 Å². The average Bonchev–Trinajstić information content (AvgIpc) is 3.00. The van der Waals surface area contributed by atoms with Gasteiger partial charge >= 0.3 is 0 Å². The standard InChI is InChI=1S/C26H48O16S/c27-9-12-15(29)17(31)20(34)25(39-12)38-11-14-23(42-26-21(35)18(32)16(30)13(10-28)40-26)19(33)22(36)24(41-14)37-7-5-3-1-2-4-6-8-43/h12-36,43H,1-11H2/t12-,13-,14-,15-,16-,17+,18+,19-,20+,21+,22+,23-,24+,25+,26-/m1/s1. The first-order valence-corrected chi connectivity index (χ1v) is 15.3. The first-order chi connectivity index (χ1) is 20.5. The van der Waals surface area contributed by atoms with Crippen LogP contribution >= 0.6 is 12.6 Å². The van der Waals surface area contributed by atoms with Gasteiger partial charge in [0, 0.05) is 6.61 Å². The van der Waals surface area contributed by atoms with Gasteiger partial charge in [0.1, 0.15) is 73.2 Å². The number of aliphatic hydroxyl groups is 10. The summed E-state index contributed by atoms with van der Waals surface area (Å²) in [5.74, 6) is 0.838. The molecule has 0 aromatic rings. The van der Waals surface area contributed by atoms with E-state index in [0.717, 1.165) is 37.9 Å². The van der Waals surface area contributed by atoms with Gasteiger partial charge in [-0.15, -0.1) is 0 Å². The Labute approximate surface area is 255 Å². The molecule has 17 heteroatoms. The SMILES string of the molecule is OC[C@H]1O[C@H](OC[C@H]2O[C@H](OCCCCCCCCS)[C@@H](O)[C@@H](O)[C@@H]2O[C@H]2O[C@H](CO)[C@@H](O)[C@H](O)[C@@H]2O)[C@@H](O)[C@@H](O)[C@@H]1O. The van der Waals surface area contributed by atoms with E-state index in [-0.39, 0.29) is 6.61 Å². The molecule has 15 atom stereocenters. The third kappa shape index (κ3) is 9.61. The van der Waals surface area contributed by atoms with Crippen molar-refractivity contribution in [3.8, 4) is 0 Å². The number of aliphatic hydroxyl groups excluding tert-OH is 10. The van der Waals surface area contributed by atoms with Crippen LogP contribution in [0.15, 0.2) is 0 Å². The van der Waals surface area contributed by atoms with Crippen LogP contribution < -0.4 is 0 Å². The van der Waals surface area contributed by atoms with Crippen molar-refractivity contribution in [2.75, 3.05) is 32.2 Å². The molecule has 0 spiro atoms. The minimum Gasteiger partial charge on any atom is -0.394 e. The molecule has 3 aliphatic heterocycles. The Kier molecular flexibility index (Phi) is 15.7. The van der Waals surface area contributed by atoms with Crippen LogP contribution in [-0.2, 0) is 28.4 Å². The van der Waals surface area contributed by atoms with Gasteiger partial charge < -0.3 is 79.5 Å². The second kappa shape index (κ2) is 18.2. The van der Waals surface area contributed by atoms with E-state index >= 15 is 0 Å². The Hall–Kier alpha value is -0.290. The zero-order chi connectivity index (χ0) is 31.7. The predicted molar refractivity (Wildman–Crippen MR) is 147 cm³/mol. The quantitative estimate of drug-likeness (QED) is 0.0559. The van der Waals surface area contributed by atoms with Crippen LogP contribution in [0.3, 0.4) is 0 Å².